The van der Waals surface area contributed by atoms with Gasteiger partial charge in [-0.15, -0.1) is 0 Å². The number of H-pyrrole nitrogens is 1. The van der Waals surface area contributed by atoms with Gasteiger partial charge < -0.3 is 15.6 Å². The molecule has 0 unspecified atom stereocenters. The smallest absolute Gasteiger partial charge is 0.191 e. The maximum atomic E-state index is 12.9. The molecule has 1 heterocycles. The van der Waals surface area contributed by atoms with Gasteiger partial charge in [0, 0.05) is 36.7 Å². The Balaban J connectivity index is 1.54. The number of aryl methyl sites for hydroxylation is 1. The Bertz CT molecular complexity index is 865. The van der Waals surface area contributed by atoms with Gasteiger partial charge in [-0.1, -0.05) is 30.3 Å². The molecule has 0 aliphatic carbocycles. The lowest BCUT2D eigenvalue weighted by atomic mass is 10.1. The third kappa shape index (κ3) is 4.18. The second-order valence-electron chi connectivity index (χ2n) is 6.00. The van der Waals surface area contributed by atoms with E-state index in [-0.39, 0.29) is 5.82 Å². The second-order valence-corrected chi connectivity index (χ2v) is 6.00. The summed E-state index contributed by atoms with van der Waals surface area (Å²) in [5.74, 6) is 0.516. The number of hydrogen-bond donors (Lipinski definition) is 3. The van der Waals surface area contributed by atoms with Crippen molar-refractivity contribution in [3.63, 3.8) is 0 Å². The highest BCUT2D eigenvalue weighted by molar-refractivity contribution is 5.84. The van der Waals surface area contributed by atoms with Crippen LogP contribution in [0.1, 0.15) is 16.8 Å². The van der Waals surface area contributed by atoms with Gasteiger partial charge in [-0.2, -0.15) is 0 Å². The molecule has 3 aromatic rings. The minimum atomic E-state index is -0.222. The van der Waals surface area contributed by atoms with E-state index in [1.165, 1.54) is 34.3 Å². The number of nitrogens with zero attached hydrogens (tertiary/aromatic N) is 1. The number of hydrogen-bond acceptors (Lipinski definition) is 1. The fraction of sp³-hybridized carbons (Fsp3) is 0.250. The quantitative estimate of drug-likeness (QED) is 0.492. The number of aromatic nitrogens is 1. The number of benzene rings is 2. The van der Waals surface area contributed by atoms with Crippen LogP contribution >= 0.6 is 0 Å². The van der Waals surface area contributed by atoms with Crippen LogP contribution in [-0.2, 0) is 13.0 Å². The van der Waals surface area contributed by atoms with Crippen LogP contribution in [0.2, 0.25) is 0 Å². The molecule has 3 N–H and O–H groups in total. The second kappa shape index (κ2) is 7.83. The Kier molecular flexibility index (Phi) is 5.33. The first kappa shape index (κ1) is 17.0. The minimum absolute atomic E-state index is 0.222. The van der Waals surface area contributed by atoms with Crippen LogP contribution in [0.4, 0.5) is 4.39 Å². The van der Waals surface area contributed by atoms with Crippen LogP contribution in [0.5, 0.6) is 0 Å². The number of nitrogens with one attached hydrogen (secondary N) is 3. The molecule has 0 fully saturated rings. The molecule has 4 nitrogen and oxygen atoms in total. The molecule has 0 spiro atoms. The fourth-order valence-corrected chi connectivity index (χ4v) is 2.97. The van der Waals surface area contributed by atoms with Gasteiger partial charge in [0.2, 0.25) is 0 Å². The lowest BCUT2D eigenvalue weighted by Crippen LogP contribution is -2.37. The molecule has 0 aliphatic rings. The number of aromatic amines is 1. The van der Waals surface area contributed by atoms with Gasteiger partial charge in [0.1, 0.15) is 5.82 Å². The van der Waals surface area contributed by atoms with E-state index in [0.29, 0.717) is 6.54 Å². The first-order chi connectivity index (χ1) is 12.2. The number of halogens is 1. The van der Waals surface area contributed by atoms with Gasteiger partial charge in [0.05, 0.1) is 0 Å². The Hall–Kier alpha value is -2.82. The minimum Gasteiger partial charge on any atom is -0.358 e. The highest BCUT2D eigenvalue weighted by Crippen LogP contribution is 2.21. The Labute approximate surface area is 147 Å². The molecule has 5 heteroatoms. The van der Waals surface area contributed by atoms with E-state index in [9.17, 15) is 4.39 Å². The van der Waals surface area contributed by atoms with Crippen molar-refractivity contribution in [2.24, 2.45) is 4.99 Å². The first-order valence-corrected chi connectivity index (χ1v) is 8.42. The van der Waals surface area contributed by atoms with E-state index in [1.807, 2.05) is 6.07 Å². The van der Waals surface area contributed by atoms with Crippen molar-refractivity contribution in [2.45, 2.75) is 19.9 Å². The molecule has 0 saturated carbocycles. The van der Waals surface area contributed by atoms with Gasteiger partial charge in [0.15, 0.2) is 5.96 Å². The monoisotopic (exact) mass is 338 g/mol. The van der Waals surface area contributed by atoms with Crippen molar-refractivity contribution in [3.8, 4) is 0 Å². The van der Waals surface area contributed by atoms with Crippen molar-refractivity contribution >= 4 is 16.9 Å². The Morgan fingerprint density at radius 2 is 1.84 bits per heavy atom. The standard InChI is InChI=1S/C20H23FN4/c1-14-17(18-5-3-4-6-19(18)25-14)11-12-23-20(22-2)24-13-15-7-9-16(21)10-8-15/h3-10,25H,11-13H2,1-2H3,(H2,22,23,24). The van der Waals surface area contributed by atoms with E-state index < -0.39 is 0 Å². The Morgan fingerprint density at radius 3 is 2.60 bits per heavy atom. The van der Waals surface area contributed by atoms with E-state index in [0.717, 1.165) is 24.5 Å². The van der Waals surface area contributed by atoms with Crippen LogP contribution < -0.4 is 10.6 Å². The molecule has 0 atom stereocenters. The summed E-state index contributed by atoms with van der Waals surface area (Å²) in [5.41, 5.74) is 4.72. The molecule has 2 aromatic carbocycles. The average Bonchev–Trinajstić information content (AvgIpc) is 2.95. The average molecular weight is 338 g/mol. The number of rotatable bonds is 5. The zero-order chi connectivity index (χ0) is 17.6. The Morgan fingerprint density at radius 1 is 1.08 bits per heavy atom. The van der Waals surface area contributed by atoms with Gasteiger partial charge in [-0.3, -0.25) is 4.99 Å². The maximum absolute atomic E-state index is 12.9. The number of fused-ring (bicyclic) bond motifs is 1. The van der Waals surface area contributed by atoms with Crippen LogP contribution in [0.25, 0.3) is 10.9 Å². The van der Waals surface area contributed by atoms with E-state index in [1.54, 1.807) is 19.2 Å². The van der Waals surface area contributed by atoms with Gasteiger partial charge >= 0.3 is 0 Å². The van der Waals surface area contributed by atoms with Crippen LogP contribution in [0.15, 0.2) is 53.5 Å². The fourth-order valence-electron chi connectivity index (χ4n) is 2.97. The molecule has 130 valence electrons. The normalized spacial score (nSPS) is 11.7. The highest BCUT2D eigenvalue weighted by Gasteiger charge is 2.07. The number of aliphatic imine (C=N–C) groups is 1. The van der Waals surface area contributed by atoms with Crippen molar-refractivity contribution in [2.75, 3.05) is 13.6 Å². The van der Waals surface area contributed by atoms with E-state index >= 15 is 0 Å². The molecule has 0 radical (unpaired) electrons. The van der Waals surface area contributed by atoms with Crippen molar-refractivity contribution in [3.05, 3.63) is 71.2 Å². The van der Waals surface area contributed by atoms with Crippen LogP contribution in [0.3, 0.4) is 0 Å². The third-order valence-electron chi connectivity index (χ3n) is 4.29. The summed E-state index contributed by atoms with van der Waals surface area (Å²) in [6.07, 6.45) is 0.910. The topological polar surface area (TPSA) is 52.2 Å². The molecule has 0 saturated heterocycles. The lowest BCUT2D eigenvalue weighted by Gasteiger charge is -2.12. The SMILES string of the molecule is CN=C(NCCc1c(C)[nH]c2ccccc12)NCc1ccc(F)cc1. The maximum Gasteiger partial charge on any atom is 0.191 e. The van der Waals surface area contributed by atoms with Crippen molar-refractivity contribution in [1.82, 2.24) is 15.6 Å². The van der Waals surface area contributed by atoms with Gasteiger partial charge in [-0.25, -0.2) is 4.39 Å². The van der Waals surface area contributed by atoms with Crippen LogP contribution in [0, 0.1) is 12.7 Å². The third-order valence-corrected chi connectivity index (χ3v) is 4.29. The van der Waals surface area contributed by atoms with E-state index in [4.69, 9.17) is 0 Å². The molecule has 3 rings (SSSR count). The van der Waals surface area contributed by atoms with Crippen molar-refractivity contribution < 1.29 is 4.39 Å². The van der Waals surface area contributed by atoms with Gasteiger partial charge in [-0.05, 0) is 42.7 Å². The lowest BCUT2D eigenvalue weighted by molar-refractivity contribution is 0.626. The summed E-state index contributed by atoms with van der Waals surface area (Å²) in [6.45, 7) is 3.49. The summed E-state index contributed by atoms with van der Waals surface area (Å²) in [4.78, 5) is 7.66. The largest absolute Gasteiger partial charge is 0.358 e. The summed E-state index contributed by atoms with van der Waals surface area (Å²) >= 11 is 0. The summed E-state index contributed by atoms with van der Waals surface area (Å²) in [7, 11) is 1.75. The van der Waals surface area contributed by atoms with Crippen molar-refractivity contribution in [1.29, 1.82) is 0 Å². The van der Waals surface area contributed by atoms with Gasteiger partial charge in [0.25, 0.3) is 0 Å². The zero-order valence-corrected chi connectivity index (χ0v) is 14.6. The van der Waals surface area contributed by atoms with E-state index in [2.05, 4.69) is 45.7 Å². The predicted molar refractivity (Wildman–Crippen MR) is 101 cm³/mol. The summed E-state index contributed by atoms with van der Waals surface area (Å²) in [6, 6.07) is 14.8. The summed E-state index contributed by atoms with van der Waals surface area (Å²) < 4.78 is 12.9. The van der Waals surface area contributed by atoms with Crippen LogP contribution in [-0.4, -0.2) is 24.5 Å². The molecule has 0 amide bonds. The predicted octanol–water partition coefficient (Wildman–Crippen LogP) is 3.52. The first-order valence-electron chi connectivity index (χ1n) is 8.42. The molecule has 25 heavy (non-hydrogen) atoms. The zero-order valence-electron chi connectivity index (χ0n) is 14.6. The molecule has 0 aliphatic heterocycles. The number of guanidine groups is 1. The molecule has 1 aromatic heterocycles. The summed E-state index contributed by atoms with van der Waals surface area (Å²) in [5, 5.41) is 7.85. The molecular weight excluding hydrogens is 315 g/mol. The highest BCUT2D eigenvalue weighted by atomic mass is 19.1. The molecular formula is C20H23FN4. The molecule has 0 bridgehead atoms. The number of para-hydroxylation sites is 1.